The van der Waals surface area contributed by atoms with Crippen molar-refractivity contribution in [1.29, 1.82) is 0 Å². The van der Waals surface area contributed by atoms with Crippen LogP contribution in [0.2, 0.25) is 0 Å². The number of nitrogens with zero attached hydrogens (tertiary/aromatic N) is 2. The van der Waals surface area contributed by atoms with E-state index in [9.17, 15) is 9.18 Å². The molecular formula is C20H17BrFN3O3. The number of anilines is 1. The third-order valence-corrected chi connectivity index (χ3v) is 4.45. The van der Waals surface area contributed by atoms with Crippen LogP contribution < -0.4 is 14.8 Å². The van der Waals surface area contributed by atoms with Crippen molar-refractivity contribution in [2.24, 2.45) is 0 Å². The van der Waals surface area contributed by atoms with Gasteiger partial charge in [0, 0.05) is 28.0 Å². The molecule has 1 aliphatic rings. The summed E-state index contributed by atoms with van der Waals surface area (Å²) in [5.41, 5.74) is 1.60. The van der Waals surface area contributed by atoms with Gasteiger partial charge in [-0.15, -0.1) is 0 Å². The van der Waals surface area contributed by atoms with Crippen LogP contribution in [-0.2, 0) is 0 Å². The number of ether oxygens (including phenoxy) is 2. The Morgan fingerprint density at radius 3 is 2.57 bits per heavy atom. The molecule has 0 bridgehead atoms. The summed E-state index contributed by atoms with van der Waals surface area (Å²) in [6.07, 6.45) is 3.95. The van der Waals surface area contributed by atoms with Gasteiger partial charge in [-0.1, -0.05) is 29.8 Å². The van der Waals surface area contributed by atoms with Crippen molar-refractivity contribution in [3.63, 3.8) is 0 Å². The maximum Gasteiger partial charge on any atom is 0.259 e. The molecule has 1 aromatic carbocycles. The summed E-state index contributed by atoms with van der Waals surface area (Å²) in [6.45, 7) is 4.19. The van der Waals surface area contributed by atoms with E-state index in [1.165, 1.54) is 12.3 Å². The topological polar surface area (TPSA) is 73.3 Å². The number of hydrogen-bond acceptors (Lipinski definition) is 5. The van der Waals surface area contributed by atoms with Crippen LogP contribution in [0.3, 0.4) is 0 Å². The number of aromatic nitrogens is 2. The van der Waals surface area contributed by atoms with E-state index < -0.39 is 11.7 Å². The standard InChI is InChI=1S/C18H11BrFN3O3.C2H6/c19-13-6-16-15(25-9-26-16)5-12(13)10-1-2-17(22-7-10)23-18(24)11-3-4-21-8-14(11)20;1-2/h1-8H,9H2,(H,22,23,24);1-2H3. The van der Waals surface area contributed by atoms with E-state index in [-0.39, 0.29) is 12.4 Å². The number of fused-ring (bicyclic) bond motifs is 1. The van der Waals surface area contributed by atoms with Crippen LogP contribution in [0.25, 0.3) is 11.1 Å². The summed E-state index contributed by atoms with van der Waals surface area (Å²) in [5, 5.41) is 2.56. The number of pyridine rings is 2. The Balaban J connectivity index is 0.00000109. The van der Waals surface area contributed by atoms with Crippen molar-refractivity contribution in [3.8, 4) is 22.6 Å². The SMILES string of the molecule is CC.O=C(Nc1ccc(-c2cc3c(cc2Br)OCO3)cn1)c1ccncc1F. The number of halogens is 2. The molecular weight excluding hydrogens is 429 g/mol. The monoisotopic (exact) mass is 445 g/mol. The molecule has 0 saturated heterocycles. The van der Waals surface area contributed by atoms with Gasteiger partial charge in [-0.25, -0.2) is 9.37 Å². The van der Waals surface area contributed by atoms with E-state index in [0.717, 1.165) is 21.8 Å². The Hall–Kier alpha value is -3.00. The van der Waals surface area contributed by atoms with Crippen molar-refractivity contribution in [1.82, 2.24) is 9.97 Å². The van der Waals surface area contributed by atoms with Crippen LogP contribution in [-0.4, -0.2) is 22.7 Å². The summed E-state index contributed by atoms with van der Waals surface area (Å²) in [7, 11) is 0. The van der Waals surface area contributed by atoms with Gasteiger partial charge in [-0.05, 0) is 30.3 Å². The molecule has 2 aromatic heterocycles. The lowest BCUT2D eigenvalue weighted by Crippen LogP contribution is -2.14. The second-order valence-electron chi connectivity index (χ2n) is 5.43. The molecule has 0 radical (unpaired) electrons. The van der Waals surface area contributed by atoms with E-state index in [1.807, 2.05) is 26.0 Å². The number of rotatable bonds is 3. The van der Waals surface area contributed by atoms with Crippen molar-refractivity contribution in [2.75, 3.05) is 12.1 Å². The fraction of sp³-hybridized carbons (Fsp3) is 0.150. The van der Waals surface area contributed by atoms with Crippen molar-refractivity contribution in [3.05, 3.63) is 64.8 Å². The molecule has 3 aromatic rings. The average molecular weight is 446 g/mol. The lowest BCUT2D eigenvalue weighted by Gasteiger charge is -2.08. The predicted molar refractivity (Wildman–Crippen MR) is 107 cm³/mol. The Bertz CT molecular complexity index is 996. The van der Waals surface area contributed by atoms with Gasteiger partial charge in [0.05, 0.1) is 11.8 Å². The summed E-state index contributed by atoms with van der Waals surface area (Å²) >= 11 is 3.50. The molecule has 3 heterocycles. The van der Waals surface area contributed by atoms with Crippen LogP contribution in [0.4, 0.5) is 10.2 Å². The lowest BCUT2D eigenvalue weighted by molar-refractivity contribution is 0.102. The van der Waals surface area contributed by atoms with E-state index in [1.54, 1.807) is 18.3 Å². The first-order valence-corrected chi connectivity index (χ1v) is 9.37. The molecule has 0 spiro atoms. The molecule has 8 heteroatoms. The lowest BCUT2D eigenvalue weighted by atomic mass is 10.1. The molecule has 144 valence electrons. The number of carbonyl (C=O) groups is 1. The molecule has 0 saturated carbocycles. The smallest absolute Gasteiger partial charge is 0.259 e. The normalized spacial score (nSPS) is 11.4. The molecule has 0 aliphatic carbocycles. The van der Waals surface area contributed by atoms with Gasteiger partial charge in [0.25, 0.3) is 5.91 Å². The molecule has 1 N–H and O–H groups in total. The molecule has 1 aliphatic heterocycles. The van der Waals surface area contributed by atoms with E-state index in [0.29, 0.717) is 17.3 Å². The highest BCUT2D eigenvalue weighted by Crippen LogP contribution is 2.40. The van der Waals surface area contributed by atoms with Crippen LogP contribution in [0.15, 0.2) is 53.4 Å². The van der Waals surface area contributed by atoms with Crippen LogP contribution in [0, 0.1) is 5.82 Å². The minimum absolute atomic E-state index is 0.0932. The average Bonchev–Trinajstić information content (AvgIpc) is 3.17. The van der Waals surface area contributed by atoms with E-state index >= 15 is 0 Å². The molecule has 1 amide bonds. The Labute approximate surface area is 169 Å². The van der Waals surface area contributed by atoms with Gasteiger partial charge < -0.3 is 14.8 Å². The molecule has 0 atom stereocenters. The Morgan fingerprint density at radius 2 is 1.89 bits per heavy atom. The third kappa shape index (κ3) is 4.12. The first-order chi connectivity index (χ1) is 13.6. The number of nitrogens with one attached hydrogen (secondary N) is 1. The number of benzene rings is 1. The second kappa shape index (κ2) is 8.79. The minimum Gasteiger partial charge on any atom is -0.454 e. The van der Waals surface area contributed by atoms with Crippen molar-refractivity contribution >= 4 is 27.7 Å². The maximum atomic E-state index is 13.6. The van der Waals surface area contributed by atoms with Gasteiger partial charge in [0.2, 0.25) is 6.79 Å². The Morgan fingerprint density at radius 1 is 1.14 bits per heavy atom. The second-order valence-corrected chi connectivity index (χ2v) is 6.28. The summed E-state index contributed by atoms with van der Waals surface area (Å²) in [4.78, 5) is 20.0. The molecule has 0 fully saturated rings. The summed E-state index contributed by atoms with van der Waals surface area (Å²) in [5.74, 6) is 0.373. The van der Waals surface area contributed by atoms with Gasteiger partial charge in [0.1, 0.15) is 5.82 Å². The van der Waals surface area contributed by atoms with Gasteiger partial charge in [-0.2, -0.15) is 0 Å². The number of carbonyl (C=O) groups excluding carboxylic acids is 1. The Kier molecular flexibility index (Phi) is 6.20. The molecule has 28 heavy (non-hydrogen) atoms. The van der Waals surface area contributed by atoms with Gasteiger partial charge >= 0.3 is 0 Å². The quantitative estimate of drug-likeness (QED) is 0.610. The molecule has 0 unspecified atom stereocenters. The van der Waals surface area contributed by atoms with Crippen LogP contribution in [0.1, 0.15) is 24.2 Å². The fourth-order valence-electron chi connectivity index (χ4n) is 2.51. The van der Waals surface area contributed by atoms with Gasteiger partial charge in [0.15, 0.2) is 17.3 Å². The fourth-order valence-corrected chi connectivity index (χ4v) is 3.06. The number of hydrogen-bond donors (Lipinski definition) is 1. The molecule has 4 rings (SSSR count). The predicted octanol–water partition coefficient (Wildman–Crippen LogP) is 5.05. The highest BCUT2D eigenvalue weighted by atomic mass is 79.9. The highest BCUT2D eigenvalue weighted by Gasteiger charge is 2.17. The largest absolute Gasteiger partial charge is 0.454 e. The molecule has 6 nitrogen and oxygen atoms in total. The third-order valence-electron chi connectivity index (χ3n) is 3.80. The zero-order chi connectivity index (χ0) is 20.1. The summed E-state index contributed by atoms with van der Waals surface area (Å²) in [6, 6.07) is 8.44. The van der Waals surface area contributed by atoms with Crippen LogP contribution >= 0.6 is 15.9 Å². The first-order valence-electron chi connectivity index (χ1n) is 8.58. The van der Waals surface area contributed by atoms with E-state index in [4.69, 9.17) is 9.47 Å². The maximum absolute atomic E-state index is 13.6. The summed E-state index contributed by atoms with van der Waals surface area (Å²) < 4.78 is 25.2. The van der Waals surface area contributed by atoms with Crippen LogP contribution in [0.5, 0.6) is 11.5 Å². The van der Waals surface area contributed by atoms with Crippen molar-refractivity contribution in [2.45, 2.75) is 13.8 Å². The zero-order valence-corrected chi connectivity index (χ0v) is 16.8. The number of amides is 1. The van der Waals surface area contributed by atoms with Crippen molar-refractivity contribution < 1.29 is 18.7 Å². The highest BCUT2D eigenvalue weighted by molar-refractivity contribution is 9.10. The minimum atomic E-state index is -0.689. The zero-order valence-electron chi connectivity index (χ0n) is 15.2. The van der Waals surface area contributed by atoms with Gasteiger partial charge in [-0.3, -0.25) is 9.78 Å². The first kappa shape index (κ1) is 19.8. The van der Waals surface area contributed by atoms with E-state index in [2.05, 4.69) is 31.2 Å².